The Labute approximate surface area is 121 Å². The molecule has 0 atom stereocenters. The Bertz CT molecular complexity index is 634. The maximum Gasteiger partial charge on any atom is 0.335 e. The zero-order chi connectivity index (χ0) is 15.2. The summed E-state index contributed by atoms with van der Waals surface area (Å²) in [4.78, 5) is 22.4. The zero-order valence-electron chi connectivity index (χ0n) is 11.5. The number of carboxylic acids is 1. The quantitative estimate of drug-likeness (QED) is 0.776. The van der Waals surface area contributed by atoms with E-state index in [0.29, 0.717) is 18.7 Å². The van der Waals surface area contributed by atoms with Crippen LogP contribution in [0.3, 0.4) is 0 Å². The van der Waals surface area contributed by atoms with Crippen molar-refractivity contribution >= 4 is 17.7 Å². The Hall–Kier alpha value is -2.83. The van der Waals surface area contributed by atoms with Crippen LogP contribution >= 0.6 is 0 Å². The summed E-state index contributed by atoms with van der Waals surface area (Å²) < 4.78 is 1.71. The van der Waals surface area contributed by atoms with Gasteiger partial charge in [0.05, 0.1) is 11.8 Å². The number of amides is 2. The summed E-state index contributed by atoms with van der Waals surface area (Å²) in [7, 11) is 1.84. The maximum absolute atomic E-state index is 11.7. The molecule has 0 saturated carbocycles. The summed E-state index contributed by atoms with van der Waals surface area (Å²) >= 11 is 0. The smallest absolute Gasteiger partial charge is 0.335 e. The SMILES string of the molecule is Cn1cc(CCNC(=O)Nc2ccc(C(=O)O)cc2)cn1. The molecule has 2 rings (SSSR count). The molecular weight excluding hydrogens is 272 g/mol. The third kappa shape index (κ3) is 4.34. The predicted molar refractivity (Wildman–Crippen MR) is 77.3 cm³/mol. The standard InChI is InChI=1S/C14H16N4O3/c1-18-9-10(8-16-18)6-7-15-14(21)17-12-4-2-11(3-5-12)13(19)20/h2-5,8-9H,6-7H2,1H3,(H,19,20)(H2,15,17,21). The van der Waals surface area contributed by atoms with E-state index in [9.17, 15) is 9.59 Å². The fraction of sp³-hybridized carbons (Fsp3) is 0.214. The highest BCUT2D eigenvalue weighted by atomic mass is 16.4. The number of rotatable bonds is 5. The van der Waals surface area contributed by atoms with Gasteiger partial charge in [-0.3, -0.25) is 4.68 Å². The summed E-state index contributed by atoms with van der Waals surface area (Å²) in [5.41, 5.74) is 1.76. The molecule has 1 aromatic carbocycles. The van der Waals surface area contributed by atoms with Gasteiger partial charge in [0.25, 0.3) is 0 Å². The summed E-state index contributed by atoms with van der Waals surface area (Å²) in [6.07, 6.45) is 4.34. The first kappa shape index (κ1) is 14.6. The molecule has 0 fully saturated rings. The molecule has 0 aliphatic rings. The van der Waals surface area contributed by atoms with Crippen LogP contribution in [0.4, 0.5) is 10.5 Å². The van der Waals surface area contributed by atoms with Crippen LogP contribution < -0.4 is 10.6 Å². The second-order valence-corrected chi connectivity index (χ2v) is 4.54. The van der Waals surface area contributed by atoms with Gasteiger partial charge in [0.1, 0.15) is 0 Å². The van der Waals surface area contributed by atoms with Crippen molar-refractivity contribution < 1.29 is 14.7 Å². The third-order valence-electron chi connectivity index (χ3n) is 2.85. The van der Waals surface area contributed by atoms with Crippen molar-refractivity contribution in [2.75, 3.05) is 11.9 Å². The molecule has 3 N–H and O–H groups in total. The number of aryl methyl sites for hydroxylation is 1. The lowest BCUT2D eigenvalue weighted by Crippen LogP contribution is -2.30. The van der Waals surface area contributed by atoms with E-state index in [2.05, 4.69) is 15.7 Å². The minimum absolute atomic E-state index is 0.178. The molecule has 0 saturated heterocycles. The van der Waals surface area contributed by atoms with Gasteiger partial charge in [-0.1, -0.05) is 0 Å². The first-order chi connectivity index (χ1) is 10.0. The van der Waals surface area contributed by atoms with Crippen molar-refractivity contribution in [1.29, 1.82) is 0 Å². The number of carboxylic acid groups (broad SMARTS) is 1. The van der Waals surface area contributed by atoms with Gasteiger partial charge in [0.2, 0.25) is 0 Å². The van der Waals surface area contributed by atoms with Gasteiger partial charge >= 0.3 is 12.0 Å². The Morgan fingerprint density at radius 1 is 1.29 bits per heavy atom. The zero-order valence-corrected chi connectivity index (χ0v) is 11.5. The molecule has 0 unspecified atom stereocenters. The van der Waals surface area contributed by atoms with E-state index in [4.69, 9.17) is 5.11 Å². The van der Waals surface area contributed by atoms with Gasteiger partial charge in [-0.15, -0.1) is 0 Å². The third-order valence-corrected chi connectivity index (χ3v) is 2.85. The van der Waals surface area contributed by atoms with Gasteiger partial charge in [-0.05, 0) is 36.2 Å². The first-order valence-electron chi connectivity index (χ1n) is 6.40. The maximum atomic E-state index is 11.7. The highest BCUT2D eigenvalue weighted by molar-refractivity contribution is 5.91. The predicted octanol–water partition coefficient (Wildman–Crippen LogP) is 1.48. The summed E-state index contributed by atoms with van der Waals surface area (Å²) in [6.45, 7) is 0.491. The van der Waals surface area contributed by atoms with Crippen molar-refractivity contribution in [3.8, 4) is 0 Å². The second kappa shape index (κ2) is 6.56. The van der Waals surface area contributed by atoms with Crippen LogP contribution in [0.1, 0.15) is 15.9 Å². The van der Waals surface area contributed by atoms with E-state index in [1.165, 1.54) is 12.1 Å². The summed E-state index contributed by atoms with van der Waals surface area (Å²) in [6, 6.07) is 5.64. The first-order valence-corrected chi connectivity index (χ1v) is 6.40. The average molecular weight is 288 g/mol. The monoisotopic (exact) mass is 288 g/mol. The molecular formula is C14H16N4O3. The van der Waals surface area contributed by atoms with Crippen molar-refractivity contribution in [2.24, 2.45) is 7.05 Å². The van der Waals surface area contributed by atoms with Crippen LogP contribution in [0.15, 0.2) is 36.7 Å². The molecule has 21 heavy (non-hydrogen) atoms. The van der Waals surface area contributed by atoms with Gasteiger partial charge in [-0.2, -0.15) is 5.10 Å². The fourth-order valence-electron chi connectivity index (χ4n) is 1.79. The number of benzene rings is 1. The highest BCUT2D eigenvalue weighted by Crippen LogP contribution is 2.09. The molecule has 0 aliphatic heterocycles. The minimum atomic E-state index is -0.998. The van der Waals surface area contributed by atoms with Crippen molar-refractivity contribution in [3.05, 3.63) is 47.8 Å². The highest BCUT2D eigenvalue weighted by Gasteiger charge is 2.04. The van der Waals surface area contributed by atoms with E-state index in [0.717, 1.165) is 5.56 Å². The fourth-order valence-corrected chi connectivity index (χ4v) is 1.79. The Morgan fingerprint density at radius 2 is 2.00 bits per heavy atom. The van der Waals surface area contributed by atoms with Gasteiger partial charge < -0.3 is 15.7 Å². The van der Waals surface area contributed by atoms with E-state index < -0.39 is 5.97 Å². The van der Waals surface area contributed by atoms with Gasteiger partial charge in [0, 0.05) is 25.5 Å². The van der Waals surface area contributed by atoms with Gasteiger partial charge in [0.15, 0.2) is 0 Å². The van der Waals surface area contributed by atoms with Gasteiger partial charge in [-0.25, -0.2) is 9.59 Å². The molecule has 1 aromatic heterocycles. The molecule has 0 aliphatic carbocycles. The van der Waals surface area contributed by atoms with Crippen LogP contribution in [0.2, 0.25) is 0 Å². The molecule has 0 spiro atoms. The number of aromatic nitrogens is 2. The summed E-state index contributed by atoms with van der Waals surface area (Å²) in [5, 5.41) is 18.2. The molecule has 7 nitrogen and oxygen atoms in total. The Balaban J connectivity index is 1.77. The number of aromatic carboxylic acids is 1. The number of hydrogen-bond acceptors (Lipinski definition) is 3. The molecule has 2 amide bonds. The number of carbonyl (C=O) groups is 2. The normalized spacial score (nSPS) is 10.1. The van der Waals surface area contributed by atoms with E-state index in [1.54, 1.807) is 23.0 Å². The number of urea groups is 1. The summed E-state index contributed by atoms with van der Waals surface area (Å²) in [5.74, 6) is -0.998. The number of anilines is 1. The van der Waals surface area contributed by atoms with Crippen LogP contribution in [-0.4, -0.2) is 33.4 Å². The average Bonchev–Trinajstić information content (AvgIpc) is 2.85. The lowest BCUT2D eigenvalue weighted by atomic mass is 10.2. The molecule has 0 bridgehead atoms. The lowest BCUT2D eigenvalue weighted by molar-refractivity contribution is 0.0697. The molecule has 2 aromatic rings. The molecule has 1 heterocycles. The topological polar surface area (TPSA) is 96.2 Å². The van der Waals surface area contributed by atoms with Crippen LogP contribution in [0.25, 0.3) is 0 Å². The van der Waals surface area contributed by atoms with Crippen LogP contribution in [-0.2, 0) is 13.5 Å². The number of nitrogens with zero attached hydrogens (tertiary/aromatic N) is 2. The number of nitrogens with one attached hydrogen (secondary N) is 2. The van der Waals surface area contributed by atoms with Crippen molar-refractivity contribution in [1.82, 2.24) is 15.1 Å². The lowest BCUT2D eigenvalue weighted by Gasteiger charge is -2.07. The minimum Gasteiger partial charge on any atom is -0.478 e. The number of carbonyl (C=O) groups excluding carboxylic acids is 1. The van der Waals surface area contributed by atoms with Crippen LogP contribution in [0, 0.1) is 0 Å². The van der Waals surface area contributed by atoms with Crippen molar-refractivity contribution in [3.63, 3.8) is 0 Å². The Morgan fingerprint density at radius 3 is 2.57 bits per heavy atom. The van der Waals surface area contributed by atoms with E-state index in [1.807, 2.05) is 13.2 Å². The molecule has 7 heteroatoms. The molecule has 0 radical (unpaired) electrons. The van der Waals surface area contributed by atoms with E-state index >= 15 is 0 Å². The second-order valence-electron chi connectivity index (χ2n) is 4.54. The van der Waals surface area contributed by atoms with Crippen molar-refractivity contribution in [2.45, 2.75) is 6.42 Å². The van der Waals surface area contributed by atoms with E-state index in [-0.39, 0.29) is 11.6 Å². The largest absolute Gasteiger partial charge is 0.478 e. The number of hydrogen-bond donors (Lipinski definition) is 3. The Kier molecular flexibility index (Phi) is 4.55. The molecule has 110 valence electrons. The van der Waals surface area contributed by atoms with Crippen LogP contribution in [0.5, 0.6) is 0 Å².